The summed E-state index contributed by atoms with van der Waals surface area (Å²) in [5.74, 6) is 0.796. The van der Waals surface area contributed by atoms with Crippen LogP contribution < -0.4 is 10.1 Å². The molecule has 3 rings (SSSR count). The molecule has 1 heterocycles. The van der Waals surface area contributed by atoms with Crippen molar-refractivity contribution < 1.29 is 14.6 Å². The molecule has 24 heavy (non-hydrogen) atoms. The van der Waals surface area contributed by atoms with Crippen LogP contribution in [0.4, 0.5) is 10.5 Å². The van der Waals surface area contributed by atoms with Crippen molar-refractivity contribution >= 4 is 11.7 Å². The van der Waals surface area contributed by atoms with Crippen molar-refractivity contribution in [1.82, 2.24) is 4.90 Å². The van der Waals surface area contributed by atoms with Gasteiger partial charge in [-0.1, -0.05) is 24.3 Å². The van der Waals surface area contributed by atoms with Crippen LogP contribution in [0, 0.1) is 0 Å². The Morgan fingerprint density at radius 2 is 2.00 bits per heavy atom. The van der Waals surface area contributed by atoms with Gasteiger partial charge in [-0.15, -0.1) is 0 Å². The molecular formula is C19H22N2O3. The van der Waals surface area contributed by atoms with Gasteiger partial charge in [0.1, 0.15) is 5.75 Å². The number of urea groups is 1. The molecule has 0 saturated carbocycles. The van der Waals surface area contributed by atoms with E-state index in [1.165, 1.54) is 0 Å². The van der Waals surface area contributed by atoms with E-state index in [0.29, 0.717) is 6.54 Å². The van der Waals surface area contributed by atoms with Crippen LogP contribution in [-0.2, 0) is 0 Å². The molecule has 5 nitrogen and oxygen atoms in total. The molecule has 5 heteroatoms. The second kappa shape index (κ2) is 7.36. The van der Waals surface area contributed by atoms with Gasteiger partial charge in [-0.05, 0) is 48.2 Å². The van der Waals surface area contributed by atoms with Crippen LogP contribution in [-0.4, -0.2) is 42.3 Å². The molecular weight excluding hydrogens is 304 g/mol. The lowest BCUT2D eigenvalue weighted by Crippen LogP contribution is -2.40. The van der Waals surface area contributed by atoms with Crippen LogP contribution in [0.5, 0.6) is 5.75 Å². The van der Waals surface area contributed by atoms with Gasteiger partial charge in [0.05, 0.1) is 19.8 Å². The average molecular weight is 326 g/mol. The lowest BCUT2D eigenvalue weighted by atomic mass is 10.0. The van der Waals surface area contributed by atoms with E-state index in [2.05, 4.69) is 5.32 Å². The van der Waals surface area contributed by atoms with Crippen molar-refractivity contribution in [1.29, 1.82) is 0 Å². The summed E-state index contributed by atoms with van der Waals surface area (Å²) in [6.45, 7) is 0.698. The van der Waals surface area contributed by atoms with Crippen LogP contribution >= 0.6 is 0 Å². The summed E-state index contributed by atoms with van der Waals surface area (Å²) in [6, 6.07) is 15.3. The van der Waals surface area contributed by atoms with Crippen molar-refractivity contribution in [3.63, 3.8) is 0 Å². The van der Waals surface area contributed by atoms with E-state index in [0.717, 1.165) is 35.4 Å². The molecule has 0 bridgehead atoms. The summed E-state index contributed by atoms with van der Waals surface area (Å²) in [5, 5.41) is 12.3. The fourth-order valence-corrected chi connectivity index (χ4v) is 3.07. The number of hydrogen-bond donors (Lipinski definition) is 2. The largest absolute Gasteiger partial charge is 0.497 e. The van der Waals surface area contributed by atoms with Crippen molar-refractivity contribution in [3.8, 4) is 16.9 Å². The summed E-state index contributed by atoms with van der Waals surface area (Å²) >= 11 is 0. The number of methoxy groups -OCH3 is 1. The lowest BCUT2D eigenvalue weighted by Gasteiger charge is -2.23. The number of benzene rings is 2. The maximum absolute atomic E-state index is 12.4. The zero-order valence-electron chi connectivity index (χ0n) is 13.7. The number of aliphatic hydroxyl groups is 1. The van der Waals surface area contributed by atoms with E-state index in [9.17, 15) is 9.90 Å². The van der Waals surface area contributed by atoms with Crippen LogP contribution in [0.3, 0.4) is 0 Å². The Hall–Kier alpha value is -2.53. The van der Waals surface area contributed by atoms with E-state index >= 15 is 0 Å². The first kappa shape index (κ1) is 16.3. The minimum absolute atomic E-state index is 0.0112. The van der Waals surface area contributed by atoms with Gasteiger partial charge < -0.3 is 20.1 Å². The Morgan fingerprint density at radius 3 is 2.75 bits per heavy atom. The van der Waals surface area contributed by atoms with Crippen molar-refractivity contribution in [3.05, 3.63) is 48.5 Å². The SMILES string of the molecule is COc1cccc(-c2cccc(NC(=O)N3CCCC3CO)c2)c1. The third kappa shape index (κ3) is 3.51. The van der Waals surface area contributed by atoms with E-state index in [1.54, 1.807) is 12.0 Å². The predicted molar refractivity (Wildman–Crippen MR) is 94.3 cm³/mol. The molecule has 2 amide bonds. The molecule has 1 unspecified atom stereocenters. The summed E-state index contributed by atoms with van der Waals surface area (Å²) in [4.78, 5) is 14.1. The van der Waals surface area contributed by atoms with E-state index in [4.69, 9.17) is 4.74 Å². The maximum atomic E-state index is 12.4. The van der Waals surface area contributed by atoms with Crippen LogP contribution in [0.25, 0.3) is 11.1 Å². The van der Waals surface area contributed by atoms with Gasteiger partial charge >= 0.3 is 6.03 Å². The Bertz CT molecular complexity index is 717. The summed E-state index contributed by atoms with van der Waals surface area (Å²) in [7, 11) is 1.64. The number of nitrogens with zero attached hydrogens (tertiary/aromatic N) is 1. The molecule has 2 aromatic rings. The topological polar surface area (TPSA) is 61.8 Å². The second-order valence-electron chi connectivity index (χ2n) is 5.91. The third-order valence-electron chi connectivity index (χ3n) is 4.37. The highest BCUT2D eigenvalue weighted by atomic mass is 16.5. The molecule has 1 fully saturated rings. The normalized spacial score (nSPS) is 16.9. The first-order valence-corrected chi connectivity index (χ1v) is 8.14. The van der Waals surface area contributed by atoms with Gasteiger partial charge in [0, 0.05) is 12.2 Å². The first-order valence-electron chi connectivity index (χ1n) is 8.14. The fraction of sp³-hybridized carbons (Fsp3) is 0.316. The van der Waals surface area contributed by atoms with Crippen LogP contribution in [0.15, 0.2) is 48.5 Å². The molecule has 1 aliphatic heterocycles. The molecule has 0 aromatic heterocycles. The highest BCUT2D eigenvalue weighted by Gasteiger charge is 2.27. The highest BCUT2D eigenvalue weighted by molar-refractivity contribution is 5.90. The molecule has 1 atom stereocenters. The summed E-state index contributed by atoms with van der Waals surface area (Å²) in [5.41, 5.74) is 2.77. The smallest absolute Gasteiger partial charge is 0.322 e. The van der Waals surface area contributed by atoms with Gasteiger partial charge in [-0.3, -0.25) is 0 Å². The third-order valence-corrected chi connectivity index (χ3v) is 4.37. The average Bonchev–Trinajstić information content (AvgIpc) is 3.11. The van der Waals surface area contributed by atoms with Gasteiger partial charge in [0.2, 0.25) is 0 Å². The van der Waals surface area contributed by atoms with Crippen molar-refractivity contribution in [2.75, 3.05) is 25.6 Å². The van der Waals surface area contributed by atoms with Gasteiger partial charge in [0.25, 0.3) is 0 Å². The second-order valence-corrected chi connectivity index (χ2v) is 5.91. The number of hydrogen-bond acceptors (Lipinski definition) is 3. The van der Waals surface area contributed by atoms with Gasteiger partial charge in [-0.25, -0.2) is 4.79 Å². The number of aliphatic hydroxyl groups excluding tert-OH is 1. The number of rotatable bonds is 4. The molecule has 2 aromatic carbocycles. The molecule has 1 aliphatic rings. The zero-order valence-corrected chi connectivity index (χ0v) is 13.7. The minimum Gasteiger partial charge on any atom is -0.497 e. The quantitative estimate of drug-likeness (QED) is 0.906. The molecule has 0 aliphatic carbocycles. The molecule has 126 valence electrons. The number of amides is 2. The maximum Gasteiger partial charge on any atom is 0.322 e. The lowest BCUT2D eigenvalue weighted by molar-refractivity contribution is 0.166. The standard InChI is InChI=1S/C19H22N2O3/c1-24-18-9-3-6-15(12-18)14-5-2-7-16(11-14)20-19(23)21-10-4-8-17(21)13-22/h2-3,5-7,9,11-12,17,22H,4,8,10,13H2,1H3,(H,20,23). The van der Waals surface area contributed by atoms with Crippen LogP contribution in [0.2, 0.25) is 0 Å². The van der Waals surface area contributed by atoms with E-state index < -0.39 is 0 Å². The molecule has 0 radical (unpaired) electrons. The Morgan fingerprint density at radius 1 is 1.25 bits per heavy atom. The summed E-state index contributed by atoms with van der Waals surface area (Å²) < 4.78 is 5.26. The van der Waals surface area contributed by atoms with Gasteiger partial charge in [-0.2, -0.15) is 0 Å². The number of ether oxygens (including phenoxy) is 1. The Kier molecular flexibility index (Phi) is 5.01. The number of carbonyl (C=O) groups is 1. The number of nitrogens with one attached hydrogen (secondary N) is 1. The van der Waals surface area contributed by atoms with E-state index in [-0.39, 0.29) is 18.7 Å². The molecule has 0 spiro atoms. The monoisotopic (exact) mass is 326 g/mol. The number of carbonyl (C=O) groups excluding carboxylic acids is 1. The van der Waals surface area contributed by atoms with Crippen LogP contribution in [0.1, 0.15) is 12.8 Å². The number of likely N-dealkylation sites (tertiary alicyclic amines) is 1. The summed E-state index contributed by atoms with van der Waals surface area (Å²) in [6.07, 6.45) is 1.79. The van der Waals surface area contributed by atoms with Crippen molar-refractivity contribution in [2.24, 2.45) is 0 Å². The fourth-order valence-electron chi connectivity index (χ4n) is 3.07. The Labute approximate surface area is 141 Å². The first-order chi connectivity index (χ1) is 11.7. The van der Waals surface area contributed by atoms with Gasteiger partial charge in [0.15, 0.2) is 0 Å². The number of anilines is 1. The molecule has 2 N–H and O–H groups in total. The highest BCUT2D eigenvalue weighted by Crippen LogP contribution is 2.26. The zero-order chi connectivity index (χ0) is 16.9. The van der Waals surface area contributed by atoms with Crippen molar-refractivity contribution in [2.45, 2.75) is 18.9 Å². The Balaban J connectivity index is 1.76. The molecule has 1 saturated heterocycles. The predicted octanol–water partition coefficient (Wildman–Crippen LogP) is 3.35. The van der Waals surface area contributed by atoms with E-state index in [1.807, 2.05) is 48.5 Å². The minimum atomic E-state index is -0.158.